The minimum atomic E-state index is -0.826. The molecular weight excluding hydrogens is 246 g/mol. The second-order valence-corrected chi connectivity index (χ2v) is 4.17. The molecule has 0 atom stereocenters. The molecule has 1 N–H and O–H groups in total. The third-order valence-corrected chi connectivity index (χ3v) is 2.70. The summed E-state index contributed by atoms with van der Waals surface area (Å²) in [6, 6.07) is 8.59. The summed E-state index contributed by atoms with van der Waals surface area (Å²) in [5.41, 5.74) is 0.472. The van der Waals surface area contributed by atoms with Gasteiger partial charge in [0.1, 0.15) is 0 Å². The summed E-state index contributed by atoms with van der Waals surface area (Å²) in [4.78, 5) is 34.3. The number of carboxylic acid groups (broad SMARTS) is 1. The Morgan fingerprint density at radius 3 is 2.37 bits per heavy atom. The maximum Gasteiger partial charge on any atom is 0.303 e. The second kappa shape index (κ2) is 8.02. The molecule has 0 radical (unpaired) electrons. The lowest BCUT2D eigenvalue weighted by Crippen LogP contribution is -2.30. The molecule has 0 saturated carbocycles. The lowest BCUT2D eigenvalue weighted by atomic mass is 10.1. The molecule has 0 aliphatic rings. The number of nitrogens with zero attached hydrogens (tertiary/aromatic N) is 1. The smallest absolute Gasteiger partial charge is 0.303 e. The Labute approximate surface area is 111 Å². The fraction of sp³-hybridized carbons (Fsp3) is 0.357. The molecule has 0 spiro atoms. The third kappa shape index (κ3) is 5.33. The zero-order valence-corrected chi connectivity index (χ0v) is 10.6. The Kier molecular flexibility index (Phi) is 6.29. The summed E-state index contributed by atoms with van der Waals surface area (Å²) in [5.74, 6) is -1.15. The first-order valence-corrected chi connectivity index (χ1v) is 6.18. The number of imide groups is 1. The molecule has 1 aromatic carbocycles. The zero-order valence-electron chi connectivity index (χ0n) is 10.6. The molecule has 0 saturated heterocycles. The Balaban J connectivity index is 2.39. The van der Waals surface area contributed by atoms with E-state index in [-0.39, 0.29) is 12.3 Å². The van der Waals surface area contributed by atoms with Gasteiger partial charge in [-0.25, -0.2) is 0 Å². The lowest BCUT2D eigenvalue weighted by molar-refractivity contribution is -0.137. The standard InChI is InChI=1S/C14H17NO4/c16-11-15(10-6-2-5-9-13(17)18)14(19)12-7-3-1-4-8-12/h1,3-4,7-8,11H,2,5-6,9-10H2,(H,17,18). The summed E-state index contributed by atoms with van der Waals surface area (Å²) in [7, 11) is 0. The highest BCUT2D eigenvalue weighted by molar-refractivity contribution is 5.99. The molecule has 0 heterocycles. The summed E-state index contributed by atoms with van der Waals surface area (Å²) in [5, 5.41) is 8.48. The van der Waals surface area contributed by atoms with E-state index >= 15 is 0 Å². The molecule has 5 heteroatoms. The van der Waals surface area contributed by atoms with Crippen LogP contribution >= 0.6 is 0 Å². The first-order valence-electron chi connectivity index (χ1n) is 6.18. The first-order chi connectivity index (χ1) is 9.15. The predicted octanol–water partition coefficient (Wildman–Crippen LogP) is 1.93. The molecule has 0 fully saturated rings. The van der Waals surface area contributed by atoms with Gasteiger partial charge in [0, 0.05) is 18.5 Å². The van der Waals surface area contributed by atoms with E-state index in [0.29, 0.717) is 37.8 Å². The van der Waals surface area contributed by atoms with Crippen LogP contribution in [-0.4, -0.2) is 34.8 Å². The third-order valence-electron chi connectivity index (χ3n) is 2.70. The number of amides is 2. The van der Waals surface area contributed by atoms with Gasteiger partial charge in [0.2, 0.25) is 6.41 Å². The molecule has 0 aliphatic carbocycles. The van der Waals surface area contributed by atoms with E-state index < -0.39 is 5.97 Å². The normalized spacial score (nSPS) is 9.89. The topological polar surface area (TPSA) is 74.7 Å². The minimum Gasteiger partial charge on any atom is -0.481 e. The van der Waals surface area contributed by atoms with Crippen LogP contribution in [0.15, 0.2) is 30.3 Å². The van der Waals surface area contributed by atoms with Gasteiger partial charge in [-0.3, -0.25) is 19.3 Å². The van der Waals surface area contributed by atoms with Crippen molar-refractivity contribution in [2.45, 2.75) is 25.7 Å². The Morgan fingerprint density at radius 1 is 1.11 bits per heavy atom. The number of carboxylic acids is 1. The molecule has 0 unspecified atom stereocenters. The van der Waals surface area contributed by atoms with Crippen LogP contribution in [0.5, 0.6) is 0 Å². The molecule has 19 heavy (non-hydrogen) atoms. The fourth-order valence-electron chi connectivity index (χ4n) is 1.68. The number of hydrogen-bond acceptors (Lipinski definition) is 3. The van der Waals surface area contributed by atoms with Crippen LogP contribution in [0.3, 0.4) is 0 Å². The van der Waals surface area contributed by atoms with Crippen LogP contribution < -0.4 is 0 Å². The molecule has 0 aromatic heterocycles. The van der Waals surface area contributed by atoms with Gasteiger partial charge in [0.15, 0.2) is 0 Å². The van der Waals surface area contributed by atoms with Gasteiger partial charge in [0.25, 0.3) is 5.91 Å². The van der Waals surface area contributed by atoms with Gasteiger partial charge >= 0.3 is 5.97 Å². The molecule has 1 rings (SSSR count). The summed E-state index contributed by atoms with van der Waals surface area (Å²) < 4.78 is 0. The lowest BCUT2D eigenvalue weighted by Gasteiger charge is -2.15. The zero-order chi connectivity index (χ0) is 14.1. The summed E-state index contributed by atoms with van der Waals surface area (Å²) in [6.07, 6.45) is 2.49. The van der Waals surface area contributed by atoms with E-state index in [2.05, 4.69) is 0 Å². The van der Waals surface area contributed by atoms with Crippen LogP contribution in [0.1, 0.15) is 36.0 Å². The minimum absolute atomic E-state index is 0.119. The fourth-order valence-corrected chi connectivity index (χ4v) is 1.68. The van der Waals surface area contributed by atoms with Crippen molar-refractivity contribution in [3.63, 3.8) is 0 Å². The highest BCUT2D eigenvalue weighted by atomic mass is 16.4. The van der Waals surface area contributed by atoms with Crippen molar-refractivity contribution in [3.05, 3.63) is 35.9 Å². The van der Waals surface area contributed by atoms with Crippen LogP contribution in [0.2, 0.25) is 0 Å². The number of unbranched alkanes of at least 4 members (excludes halogenated alkanes) is 2. The van der Waals surface area contributed by atoms with Crippen LogP contribution in [0.4, 0.5) is 0 Å². The van der Waals surface area contributed by atoms with Crippen molar-refractivity contribution >= 4 is 18.3 Å². The van der Waals surface area contributed by atoms with Crippen molar-refractivity contribution < 1.29 is 19.5 Å². The molecule has 5 nitrogen and oxygen atoms in total. The number of benzene rings is 1. The Hall–Kier alpha value is -2.17. The van der Waals surface area contributed by atoms with E-state index in [9.17, 15) is 14.4 Å². The first kappa shape index (κ1) is 14.9. The van der Waals surface area contributed by atoms with Crippen LogP contribution in [0, 0.1) is 0 Å². The van der Waals surface area contributed by atoms with Crippen molar-refractivity contribution in [3.8, 4) is 0 Å². The maximum atomic E-state index is 11.9. The maximum absolute atomic E-state index is 11.9. The SMILES string of the molecule is O=CN(CCCCCC(=O)O)C(=O)c1ccccc1. The molecule has 0 aliphatic heterocycles. The monoisotopic (exact) mass is 263 g/mol. The van der Waals surface area contributed by atoms with Gasteiger partial charge in [-0.15, -0.1) is 0 Å². The predicted molar refractivity (Wildman–Crippen MR) is 69.6 cm³/mol. The van der Waals surface area contributed by atoms with Gasteiger partial charge in [-0.2, -0.15) is 0 Å². The highest BCUT2D eigenvalue weighted by Gasteiger charge is 2.13. The average molecular weight is 263 g/mol. The number of carbonyl (C=O) groups excluding carboxylic acids is 2. The van der Waals surface area contributed by atoms with E-state index in [4.69, 9.17) is 5.11 Å². The molecular formula is C14H17NO4. The Morgan fingerprint density at radius 2 is 1.79 bits per heavy atom. The van der Waals surface area contributed by atoms with E-state index in [0.717, 1.165) is 4.90 Å². The number of carbonyl (C=O) groups is 3. The molecule has 0 bridgehead atoms. The number of aliphatic carboxylic acids is 1. The number of hydrogen-bond donors (Lipinski definition) is 1. The second-order valence-electron chi connectivity index (χ2n) is 4.17. The average Bonchev–Trinajstić information content (AvgIpc) is 2.43. The summed E-state index contributed by atoms with van der Waals surface area (Å²) >= 11 is 0. The van der Waals surface area contributed by atoms with Crippen LogP contribution in [-0.2, 0) is 9.59 Å². The van der Waals surface area contributed by atoms with E-state index in [1.165, 1.54) is 0 Å². The molecule has 1 aromatic rings. The van der Waals surface area contributed by atoms with E-state index in [1.54, 1.807) is 30.3 Å². The van der Waals surface area contributed by atoms with Crippen molar-refractivity contribution in [2.75, 3.05) is 6.54 Å². The van der Waals surface area contributed by atoms with Gasteiger partial charge in [-0.05, 0) is 25.0 Å². The van der Waals surface area contributed by atoms with Crippen LogP contribution in [0.25, 0.3) is 0 Å². The van der Waals surface area contributed by atoms with Gasteiger partial charge in [-0.1, -0.05) is 24.6 Å². The number of rotatable bonds is 8. The Bertz CT molecular complexity index is 430. The molecule has 2 amide bonds. The quantitative estimate of drug-likeness (QED) is 0.574. The van der Waals surface area contributed by atoms with Gasteiger partial charge in [0.05, 0.1) is 0 Å². The van der Waals surface area contributed by atoms with E-state index in [1.807, 2.05) is 0 Å². The highest BCUT2D eigenvalue weighted by Crippen LogP contribution is 2.06. The van der Waals surface area contributed by atoms with Crippen molar-refractivity contribution in [2.24, 2.45) is 0 Å². The van der Waals surface area contributed by atoms with Gasteiger partial charge < -0.3 is 5.11 Å². The molecule has 102 valence electrons. The van der Waals surface area contributed by atoms with Crippen molar-refractivity contribution in [1.29, 1.82) is 0 Å². The summed E-state index contributed by atoms with van der Waals surface area (Å²) in [6.45, 7) is 0.316. The largest absolute Gasteiger partial charge is 0.481 e. The van der Waals surface area contributed by atoms with Crippen molar-refractivity contribution in [1.82, 2.24) is 4.90 Å².